The quantitative estimate of drug-likeness (QED) is 0.329. The molecule has 2 heterocycles. The lowest BCUT2D eigenvalue weighted by Crippen LogP contribution is -2.21. The Labute approximate surface area is 196 Å². The summed E-state index contributed by atoms with van der Waals surface area (Å²) in [6.45, 7) is 0. The minimum absolute atomic E-state index is 0.0859. The van der Waals surface area contributed by atoms with Crippen LogP contribution >= 0.6 is 34.5 Å². The molecule has 0 spiro atoms. The van der Waals surface area contributed by atoms with Gasteiger partial charge in [-0.25, -0.2) is 14.5 Å². The average Bonchev–Trinajstić information content (AvgIpc) is 3.42. The van der Waals surface area contributed by atoms with Crippen LogP contribution in [0, 0.1) is 0 Å². The van der Waals surface area contributed by atoms with Gasteiger partial charge < -0.3 is 10.4 Å². The molecule has 32 heavy (non-hydrogen) atoms. The van der Waals surface area contributed by atoms with Gasteiger partial charge in [-0.15, -0.1) is 11.3 Å². The van der Waals surface area contributed by atoms with Crippen molar-refractivity contribution in [1.29, 1.82) is 0 Å². The van der Waals surface area contributed by atoms with E-state index in [1.165, 1.54) is 11.3 Å². The van der Waals surface area contributed by atoms with Crippen LogP contribution in [0.2, 0.25) is 10.0 Å². The van der Waals surface area contributed by atoms with Gasteiger partial charge in [0, 0.05) is 11.4 Å². The highest BCUT2D eigenvalue weighted by Gasteiger charge is 2.16. The van der Waals surface area contributed by atoms with Crippen LogP contribution < -0.4 is 10.6 Å². The zero-order valence-electron chi connectivity index (χ0n) is 16.3. The van der Waals surface area contributed by atoms with Crippen LogP contribution in [0.3, 0.4) is 0 Å². The predicted molar refractivity (Wildman–Crippen MR) is 125 cm³/mol. The number of thiazole rings is 1. The smallest absolute Gasteiger partial charge is 0.324 e. The molecule has 4 rings (SSSR count). The lowest BCUT2D eigenvalue weighted by Gasteiger charge is -2.11. The number of aromatic nitrogens is 3. The molecule has 0 saturated heterocycles. The minimum atomic E-state index is -0.915. The van der Waals surface area contributed by atoms with Crippen molar-refractivity contribution >= 4 is 58.0 Å². The van der Waals surface area contributed by atoms with E-state index in [1.54, 1.807) is 58.7 Å². The molecule has 2 aromatic carbocycles. The predicted octanol–water partition coefficient (Wildman–Crippen LogP) is 5.57. The SMILES string of the molecule is O=C(O)Cc1ccc(-n2nc(-c3cscn3)cc2NC(=O)Nc2cccc(Cl)c2Cl)cc1. The zero-order valence-corrected chi connectivity index (χ0v) is 18.6. The first-order chi connectivity index (χ1) is 15.4. The zero-order chi connectivity index (χ0) is 22.7. The van der Waals surface area contributed by atoms with Gasteiger partial charge in [0.25, 0.3) is 0 Å². The Hall–Kier alpha value is -3.40. The van der Waals surface area contributed by atoms with Gasteiger partial charge in [0.15, 0.2) is 0 Å². The molecule has 0 fully saturated rings. The summed E-state index contributed by atoms with van der Waals surface area (Å²) < 4.78 is 1.54. The van der Waals surface area contributed by atoms with E-state index in [-0.39, 0.29) is 11.4 Å². The summed E-state index contributed by atoms with van der Waals surface area (Å²) in [6, 6.07) is 12.9. The van der Waals surface area contributed by atoms with E-state index in [0.717, 1.165) is 0 Å². The first-order valence-corrected chi connectivity index (χ1v) is 10.9. The fraction of sp³-hybridized carbons (Fsp3) is 0.0476. The van der Waals surface area contributed by atoms with E-state index >= 15 is 0 Å². The summed E-state index contributed by atoms with van der Waals surface area (Å²) >= 11 is 13.6. The molecule has 3 N–H and O–H groups in total. The van der Waals surface area contributed by atoms with Gasteiger partial charge in [0.1, 0.15) is 17.2 Å². The van der Waals surface area contributed by atoms with Gasteiger partial charge in [-0.1, -0.05) is 41.4 Å². The number of carbonyl (C=O) groups is 2. The second-order valence-electron chi connectivity index (χ2n) is 6.62. The number of anilines is 2. The van der Waals surface area contributed by atoms with Gasteiger partial charge in [0.2, 0.25) is 0 Å². The van der Waals surface area contributed by atoms with Crippen molar-refractivity contribution in [2.24, 2.45) is 0 Å². The summed E-state index contributed by atoms with van der Waals surface area (Å²) in [4.78, 5) is 27.9. The molecule has 0 atom stereocenters. The largest absolute Gasteiger partial charge is 0.481 e. The molecule has 0 aliphatic heterocycles. The van der Waals surface area contributed by atoms with Crippen molar-refractivity contribution in [2.45, 2.75) is 6.42 Å². The maximum atomic E-state index is 12.7. The van der Waals surface area contributed by atoms with E-state index in [0.29, 0.717) is 39.2 Å². The Balaban J connectivity index is 1.63. The van der Waals surface area contributed by atoms with Crippen LogP contribution in [0.4, 0.5) is 16.3 Å². The van der Waals surface area contributed by atoms with E-state index in [4.69, 9.17) is 28.3 Å². The standard InChI is InChI=1S/C21H15Cl2N5O3S/c22-14-2-1-3-15(20(14)23)25-21(31)26-18-9-16(17-10-32-11-24-17)27-28(18)13-6-4-12(5-7-13)8-19(29)30/h1-7,9-11H,8H2,(H,29,30)(H2,25,26,31). The van der Waals surface area contributed by atoms with Crippen LogP contribution in [0.5, 0.6) is 0 Å². The number of rotatable bonds is 6. The van der Waals surface area contributed by atoms with Gasteiger partial charge in [-0.3, -0.25) is 10.1 Å². The van der Waals surface area contributed by atoms with Crippen LogP contribution in [-0.4, -0.2) is 31.9 Å². The minimum Gasteiger partial charge on any atom is -0.481 e. The Kier molecular flexibility index (Phi) is 6.40. The number of nitrogens with zero attached hydrogens (tertiary/aromatic N) is 3. The van der Waals surface area contributed by atoms with Crippen LogP contribution in [-0.2, 0) is 11.2 Å². The van der Waals surface area contributed by atoms with Gasteiger partial charge in [0.05, 0.1) is 33.4 Å². The third kappa shape index (κ3) is 4.91. The molecular weight excluding hydrogens is 473 g/mol. The highest BCUT2D eigenvalue weighted by atomic mass is 35.5. The highest BCUT2D eigenvalue weighted by molar-refractivity contribution is 7.07. The second kappa shape index (κ2) is 9.39. The molecule has 0 bridgehead atoms. The molecular formula is C21H15Cl2N5O3S. The maximum absolute atomic E-state index is 12.7. The molecule has 0 aliphatic rings. The van der Waals surface area contributed by atoms with Crippen molar-refractivity contribution in [3.63, 3.8) is 0 Å². The number of carboxylic acid groups (broad SMARTS) is 1. The van der Waals surface area contributed by atoms with Crippen molar-refractivity contribution in [1.82, 2.24) is 14.8 Å². The molecule has 2 aromatic heterocycles. The molecule has 2 amide bonds. The molecule has 8 nitrogen and oxygen atoms in total. The monoisotopic (exact) mass is 487 g/mol. The lowest BCUT2D eigenvalue weighted by atomic mass is 10.1. The number of hydrogen-bond donors (Lipinski definition) is 3. The Morgan fingerprint density at radius 3 is 2.53 bits per heavy atom. The maximum Gasteiger partial charge on any atom is 0.324 e. The average molecular weight is 488 g/mol. The Bertz CT molecular complexity index is 1270. The molecule has 0 aliphatic carbocycles. The molecule has 11 heteroatoms. The van der Waals surface area contributed by atoms with Crippen LogP contribution in [0.25, 0.3) is 17.1 Å². The van der Waals surface area contributed by atoms with Gasteiger partial charge in [-0.05, 0) is 29.8 Å². The van der Waals surface area contributed by atoms with Crippen molar-refractivity contribution in [3.05, 3.63) is 75.0 Å². The van der Waals surface area contributed by atoms with Gasteiger partial charge in [-0.2, -0.15) is 5.10 Å². The normalized spacial score (nSPS) is 10.7. The Morgan fingerprint density at radius 2 is 1.84 bits per heavy atom. The first kappa shape index (κ1) is 21.8. The summed E-state index contributed by atoms with van der Waals surface area (Å²) in [5.74, 6) is -0.531. The number of urea groups is 1. The topological polar surface area (TPSA) is 109 Å². The first-order valence-electron chi connectivity index (χ1n) is 9.22. The van der Waals surface area contributed by atoms with E-state index in [9.17, 15) is 9.59 Å². The third-order valence-corrected chi connectivity index (χ3v) is 5.79. The number of nitrogens with one attached hydrogen (secondary N) is 2. The van der Waals surface area contributed by atoms with E-state index in [1.807, 2.05) is 5.38 Å². The summed E-state index contributed by atoms with van der Waals surface area (Å²) in [5.41, 5.74) is 4.57. The lowest BCUT2D eigenvalue weighted by molar-refractivity contribution is -0.136. The highest BCUT2D eigenvalue weighted by Crippen LogP contribution is 2.30. The molecule has 0 unspecified atom stereocenters. The fourth-order valence-electron chi connectivity index (χ4n) is 2.93. The fourth-order valence-corrected chi connectivity index (χ4v) is 3.82. The molecule has 4 aromatic rings. The molecule has 0 saturated carbocycles. The van der Waals surface area contributed by atoms with Crippen molar-refractivity contribution in [3.8, 4) is 17.1 Å². The summed E-state index contributed by atoms with van der Waals surface area (Å²) in [5, 5.41) is 21.4. The number of hydrogen-bond acceptors (Lipinski definition) is 5. The number of benzene rings is 2. The number of aliphatic carboxylic acids is 1. The van der Waals surface area contributed by atoms with Crippen molar-refractivity contribution in [2.75, 3.05) is 10.6 Å². The second-order valence-corrected chi connectivity index (χ2v) is 8.12. The van der Waals surface area contributed by atoms with E-state index in [2.05, 4.69) is 20.7 Å². The van der Waals surface area contributed by atoms with E-state index < -0.39 is 12.0 Å². The summed E-state index contributed by atoms with van der Waals surface area (Å²) in [6.07, 6.45) is -0.0859. The van der Waals surface area contributed by atoms with Crippen LogP contribution in [0.1, 0.15) is 5.56 Å². The van der Waals surface area contributed by atoms with Crippen LogP contribution in [0.15, 0.2) is 59.4 Å². The number of amides is 2. The number of carboxylic acids is 1. The molecule has 0 radical (unpaired) electrons. The Morgan fingerprint density at radius 1 is 1.06 bits per heavy atom. The number of carbonyl (C=O) groups excluding carboxylic acids is 1. The number of halogens is 2. The third-order valence-electron chi connectivity index (χ3n) is 4.38. The molecule has 162 valence electrons. The summed E-state index contributed by atoms with van der Waals surface area (Å²) in [7, 11) is 0. The van der Waals surface area contributed by atoms with Gasteiger partial charge >= 0.3 is 12.0 Å². The van der Waals surface area contributed by atoms with Crippen molar-refractivity contribution < 1.29 is 14.7 Å².